The van der Waals surface area contributed by atoms with Crippen molar-refractivity contribution in [3.8, 4) is 0 Å². The maximum atomic E-state index is 11.8. The Labute approximate surface area is 180 Å². The SMILES string of the molecule is CCC(CC)(c1cc2ccc(Cl)cc2s1)c1c[nH]c2c([NH2+]S(C)(=O)=O)cccc12. The van der Waals surface area contributed by atoms with Crippen LogP contribution in [0.5, 0.6) is 0 Å². The number of sulfonamides is 1. The number of fused-ring (bicyclic) bond motifs is 2. The van der Waals surface area contributed by atoms with Crippen LogP contribution in [0, 0.1) is 0 Å². The molecule has 0 unspecified atom stereocenters. The smallest absolute Gasteiger partial charge is 0.295 e. The van der Waals surface area contributed by atoms with Gasteiger partial charge in [-0.25, -0.2) is 4.72 Å². The van der Waals surface area contributed by atoms with E-state index in [0.717, 1.165) is 28.8 Å². The van der Waals surface area contributed by atoms with Crippen LogP contribution < -0.4 is 4.72 Å². The summed E-state index contributed by atoms with van der Waals surface area (Å²) in [5.41, 5.74) is 2.61. The molecule has 0 atom stereocenters. The summed E-state index contributed by atoms with van der Waals surface area (Å²) >= 11 is 7.99. The highest BCUT2D eigenvalue weighted by molar-refractivity contribution is 7.84. The molecule has 2 aromatic heterocycles. The molecule has 0 bridgehead atoms. The van der Waals surface area contributed by atoms with Crippen molar-refractivity contribution in [2.45, 2.75) is 32.1 Å². The first-order valence-corrected chi connectivity index (χ1v) is 12.8. The minimum atomic E-state index is -3.23. The van der Waals surface area contributed by atoms with Gasteiger partial charge in [-0.2, -0.15) is 8.42 Å². The normalized spacial score (nSPS) is 12.8. The summed E-state index contributed by atoms with van der Waals surface area (Å²) in [4.78, 5) is 4.66. The first-order valence-electron chi connectivity index (χ1n) is 9.62. The van der Waals surface area contributed by atoms with Crippen LogP contribution in [0.25, 0.3) is 21.0 Å². The largest absolute Gasteiger partial charge is 0.356 e. The van der Waals surface area contributed by atoms with Gasteiger partial charge < -0.3 is 4.98 Å². The number of para-hydroxylation sites is 1. The van der Waals surface area contributed by atoms with E-state index in [1.807, 2.05) is 24.3 Å². The van der Waals surface area contributed by atoms with Crippen molar-refractivity contribution < 1.29 is 13.1 Å². The van der Waals surface area contributed by atoms with Crippen LogP contribution >= 0.6 is 22.9 Å². The quantitative estimate of drug-likeness (QED) is 0.394. The molecular weight excluding hydrogens is 424 g/mol. The van der Waals surface area contributed by atoms with Gasteiger partial charge in [-0.3, -0.25) is 0 Å². The lowest BCUT2D eigenvalue weighted by Gasteiger charge is -2.31. The number of benzene rings is 2. The Balaban J connectivity index is 1.93. The molecule has 0 saturated heterocycles. The van der Waals surface area contributed by atoms with Gasteiger partial charge in [0.2, 0.25) is 0 Å². The van der Waals surface area contributed by atoms with Crippen LogP contribution in [0.1, 0.15) is 37.1 Å². The molecule has 0 aliphatic heterocycles. The number of thiophene rings is 1. The highest BCUT2D eigenvalue weighted by Gasteiger charge is 2.35. The van der Waals surface area contributed by atoms with Gasteiger partial charge in [-0.05, 0) is 42.0 Å². The molecule has 29 heavy (non-hydrogen) atoms. The second-order valence-electron chi connectivity index (χ2n) is 7.50. The van der Waals surface area contributed by atoms with E-state index >= 15 is 0 Å². The van der Waals surface area contributed by atoms with E-state index in [1.165, 1.54) is 31.5 Å². The van der Waals surface area contributed by atoms with Gasteiger partial charge in [0.25, 0.3) is 10.0 Å². The Morgan fingerprint density at radius 1 is 1.14 bits per heavy atom. The molecular formula is C22H24ClN2O2S2+. The summed E-state index contributed by atoms with van der Waals surface area (Å²) in [7, 11) is -3.23. The van der Waals surface area contributed by atoms with E-state index < -0.39 is 10.0 Å². The van der Waals surface area contributed by atoms with Crippen molar-refractivity contribution in [3.05, 3.63) is 64.1 Å². The van der Waals surface area contributed by atoms with Crippen molar-refractivity contribution in [2.75, 3.05) is 6.26 Å². The highest BCUT2D eigenvalue weighted by Crippen LogP contribution is 2.47. The van der Waals surface area contributed by atoms with Gasteiger partial charge in [0, 0.05) is 37.7 Å². The fraction of sp³-hybridized carbons (Fsp3) is 0.273. The number of primary sulfonamides is 1. The van der Waals surface area contributed by atoms with E-state index in [1.54, 1.807) is 11.3 Å². The molecule has 4 aromatic rings. The molecule has 0 amide bonds. The van der Waals surface area contributed by atoms with Crippen molar-refractivity contribution in [3.63, 3.8) is 0 Å². The van der Waals surface area contributed by atoms with Gasteiger partial charge in [0.05, 0.1) is 6.26 Å². The van der Waals surface area contributed by atoms with Crippen LogP contribution in [-0.4, -0.2) is 19.7 Å². The number of H-pyrrole nitrogens is 1. The van der Waals surface area contributed by atoms with Crippen LogP contribution in [0.2, 0.25) is 5.02 Å². The number of rotatable bonds is 6. The Morgan fingerprint density at radius 2 is 1.90 bits per heavy atom. The van der Waals surface area contributed by atoms with Gasteiger partial charge in [0.1, 0.15) is 5.52 Å². The lowest BCUT2D eigenvalue weighted by Crippen LogP contribution is -2.81. The molecule has 0 fully saturated rings. The maximum Gasteiger partial charge on any atom is 0.295 e. The first-order chi connectivity index (χ1) is 13.8. The Morgan fingerprint density at radius 3 is 2.59 bits per heavy atom. The summed E-state index contributed by atoms with van der Waals surface area (Å²) in [6.07, 6.45) is 5.16. The van der Waals surface area contributed by atoms with E-state index in [0.29, 0.717) is 5.69 Å². The predicted molar refractivity (Wildman–Crippen MR) is 123 cm³/mol. The number of nitrogens with one attached hydrogen (secondary N) is 1. The molecule has 0 spiro atoms. The third-order valence-electron chi connectivity index (χ3n) is 5.77. The zero-order valence-corrected chi connectivity index (χ0v) is 19.0. The molecule has 0 aliphatic carbocycles. The van der Waals surface area contributed by atoms with Crippen molar-refractivity contribution >= 4 is 59.6 Å². The summed E-state index contributed by atoms with van der Waals surface area (Å²) < 4.78 is 26.2. The molecule has 0 aliphatic rings. The summed E-state index contributed by atoms with van der Waals surface area (Å²) in [6.45, 7) is 4.43. The van der Waals surface area contributed by atoms with Crippen LogP contribution in [0.15, 0.2) is 48.7 Å². The van der Waals surface area contributed by atoms with E-state index in [9.17, 15) is 8.42 Å². The number of aromatic amines is 1. The topological polar surface area (TPSA) is 66.5 Å². The molecule has 0 radical (unpaired) electrons. The minimum absolute atomic E-state index is 0.155. The van der Waals surface area contributed by atoms with E-state index in [-0.39, 0.29) is 5.41 Å². The molecule has 7 heteroatoms. The van der Waals surface area contributed by atoms with Crippen molar-refractivity contribution in [1.82, 2.24) is 4.98 Å². The van der Waals surface area contributed by atoms with Crippen molar-refractivity contribution in [2.24, 2.45) is 0 Å². The zero-order valence-electron chi connectivity index (χ0n) is 16.6. The summed E-state index contributed by atoms with van der Waals surface area (Å²) in [5.74, 6) is 0. The second-order valence-corrected chi connectivity index (χ2v) is 10.9. The Kier molecular flexibility index (Phi) is 5.23. The molecule has 4 rings (SSSR count). The van der Waals surface area contributed by atoms with Gasteiger partial charge in [0.15, 0.2) is 5.69 Å². The van der Waals surface area contributed by atoms with Gasteiger partial charge in [-0.1, -0.05) is 43.6 Å². The maximum absolute atomic E-state index is 11.8. The van der Waals surface area contributed by atoms with Gasteiger partial charge >= 0.3 is 0 Å². The van der Waals surface area contributed by atoms with Crippen LogP contribution in [0.3, 0.4) is 0 Å². The summed E-state index contributed by atoms with van der Waals surface area (Å²) in [5, 5.41) is 3.02. The van der Waals surface area contributed by atoms with Crippen LogP contribution in [0.4, 0.5) is 5.69 Å². The van der Waals surface area contributed by atoms with Crippen molar-refractivity contribution in [1.29, 1.82) is 0 Å². The third kappa shape index (κ3) is 3.59. The third-order valence-corrected chi connectivity index (χ3v) is 7.98. The minimum Gasteiger partial charge on any atom is -0.356 e. The first kappa shape index (κ1) is 20.4. The highest BCUT2D eigenvalue weighted by atomic mass is 35.5. The molecule has 4 nitrogen and oxygen atoms in total. The Hall–Kier alpha value is -1.86. The monoisotopic (exact) mass is 447 g/mol. The Bertz CT molecular complexity index is 1300. The molecule has 152 valence electrons. The lowest BCUT2D eigenvalue weighted by molar-refractivity contribution is -0.394. The number of hydrogen-bond donors (Lipinski definition) is 2. The average Bonchev–Trinajstić information content (AvgIpc) is 3.28. The van der Waals surface area contributed by atoms with E-state index in [2.05, 4.69) is 43.2 Å². The molecule has 2 heterocycles. The molecule has 0 saturated carbocycles. The molecule has 3 N–H and O–H groups in total. The number of nitrogens with two attached hydrogens (primary N) is 1. The standard InChI is InChI=1S/C22H23ClN2O2S2/c1-4-22(5-2,20-11-14-9-10-15(23)12-19(14)28-20)17-13-24-21-16(17)7-6-8-18(21)25-29(3,26)27/h6-13,24-25H,4-5H2,1-3H3/p+1. The number of halogens is 1. The number of hydrogen-bond acceptors (Lipinski definition) is 3. The van der Waals surface area contributed by atoms with Crippen LogP contribution in [-0.2, 0) is 15.4 Å². The zero-order chi connectivity index (χ0) is 20.8. The average molecular weight is 448 g/mol. The lowest BCUT2D eigenvalue weighted by atomic mass is 9.74. The van der Waals surface area contributed by atoms with E-state index in [4.69, 9.17) is 11.6 Å². The number of aromatic nitrogens is 1. The second kappa shape index (κ2) is 7.43. The number of quaternary nitrogens is 1. The fourth-order valence-corrected chi connectivity index (χ4v) is 6.60. The fourth-order valence-electron chi connectivity index (χ4n) is 4.26. The summed E-state index contributed by atoms with van der Waals surface area (Å²) in [6, 6.07) is 14.1. The predicted octanol–water partition coefficient (Wildman–Crippen LogP) is 5.30. The van der Waals surface area contributed by atoms with Gasteiger partial charge in [-0.15, -0.1) is 11.3 Å². The molecule has 2 aromatic carbocycles.